The molecule has 418 valence electrons. The van der Waals surface area contributed by atoms with E-state index in [9.17, 15) is 29.6 Å². The van der Waals surface area contributed by atoms with Gasteiger partial charge in [-0.1, -0.05) is 52.0 Å². The van der Waals surface area contributed by atoms with Gasteiger partial charge in [0.1, 0.15) is 42.7 Å². The number of esters is 1. The molecule has 73 heavy (non-hydrogen) atoms. The molecule has 3 fully saturated rings. The highest BCUT2D eigenvalue weighted by Gasteiger charge is 2.52. The number of methoxy groups -OCH3 is 2. The highest BCUT2D eigenvalue weighted by atomic mass is 32.2. The summed E-state index contributed by atoms with van der Waals surface area (Å²) in [5, 5.41) is 56.8. The van der Waals surface area contributed by atoms with Gasteiger partial charge in [0.25, 0.3) is 0 Å². The Balaban J connectivity index is 1.41. The second kappa shape index (κ2) is 26.3. The largest absolute Gasteiger partial charge is 0.459 e. The maximum absolute atomic E-state index is 14.8. The Morgan fingerprint density at radius 2 is 1.63 bits per heavy atom. The average Bonchev–Trinajstić information content (AvgIpc) is 3.81. The summed E-state index contributed by atoms with van der Waals surface area (Å²) >= 11 is 1.76. The molecule has 1 aromatic heterocycles. The smallest absolute Gasteiger partial charge is 0.311 e. The van der Waals surface area contributed by atoms with E-state index < -0.39 is 109 Å². The zero-order valence-corrected chi connectivity index (χ0v) is 47.5. The van der Waals surface area contributed by atoms with Crippen molar-refractivity contribution in [3.05, 3.63) is 41.7 Å². The number of hydrogen-bond donors (Lipinski definition) is 4. The highest BCUT2D eigenvalue weighted by molar-refractivity contribution is 7.99. The number of cyclic esters (lactones) is 1. The van der Waals surface area contributed by atoms with Crippen molar-refractivity contribution in [2.75, 3.05) is 48.1 Å². The van der Waals surface area contributed by atoms with Crippen LogP contribution in [0.4, 0.5) is 4.39 Å². The molecule has 19 atom stereocenters. The fourth-order valence-corrected chi connectivity index (χ4v) is 12.3. The molecule has 3 aliphatic heterocycles. The van der Waals surface area contributed by atoms with Gasteiger partial charge in [-0.25, -0.2) is 9.07 Å². The lowest BCUT2D eigenvalue weighted by molar-refractivity contribution is -0.308. The molecule has 5 rings (SSSR count). The number of likely N-dealkylation sites (N-methyl/N-ethyl adjacent to an activating group) is 2. The molecule has 4 heterocycles. The Morgan fingerprint density at radius 1 is 0.959 bits per heavy atom. The molecule has 17 nitrogen and oxygen atoms in total. The van der Waals surface area contributed by atoms with Crippen LogP contribution in [0.3, 0.4) is 0 Å². The minimum atomic E-state index is -1.82. The number of alkyl halides is 1. The Hall–Kier alpha value is -2.37. The number of hydrogen-bond acceptors (Lipinski definition) is 17. The van der Waals surface area contributed by atoms with E-state index in [4.69, 9.17) is 33.2 Å². The van der Waals surface area contributed by atoms with E-state index in [1.807, 2.05) is 71.0 Å². The number of aliphatic hydroxyl groups is 4. The molecule has 0 aliphatic carbocycles. The van der Waals surface area contributed by atoms with E-state index in [0.717, 1.165) is 10.5 Å². The second-order valence-electron chi connectivity index (χ2n) is 22.6. The Morgan fingerprint density at radius 3 is 2.23 bits per heavy atom. The molecule has 1 aromatic carbocycles. The lowest BCUT2D eigenvalue weighted by atomic mass is 9.77. The van der Waals surface area contributed by atoms with E-state index in [2.05, 4.69) is 29.1 Å². The van der Waals surface area contributed by atoms with Gasteiger partial charge >= 0.3 is 5.97 Å². The number of aromatic nitrogens is 3. The summed E-state index contributed by atoms with van der Waals surface area (Å²) < 4.78 is 60.9. The van der Waals surface area contributed by atoms with Crippen LogP contribution in [-0.2, 0) is 44.4 Å². The van der Waals surface area contributed by atoms with Crippen molar-refractivity contribution in [3.8, 4) is 0 Å². The van der Waals surface area contributed by atoms with Crippen molar-refractivity contribution in [2.45, 2.75) is 228 Å². The third-order valence-corrected chi connectivity index (χ3v) is 17.0. The summed E-state index contributed by atoms with van der Waals surface area (Å²) in [5.74, 6) is -2.54. The first kappa shape index (κ1) is 61.5. The minimum Gasteiger partial charge on any atom is -0.459 e. The summed E-state index contributed by atoms with van der Waals surface area (Å²) in [6, 6.07) is 6.77. The van der Waals surface area contributed by atoms with Crippen LogP contribution in [0.15, 0.2) is 35.4 Å². The van der Waals surface area contributed by atoms with Gasteiger partial charge < -0.3 is 63.4 Å². The molecule has 0 spiro atoms. The zero-order valence-electron chi connectivity index (χ0n) is 46.6. The summed E-state index contributed by atoms with van der Waals surface area (Å²) in [5.41, 5.74) is -2.82. The van der Waals surface area contributed by atoms with Gasteiger partial charge in [-0.05, 0) is 105 Å². The van der Waals surface area contributed by atoms with Crippen LogP contribution < -0.4 is 0 Å². The molecule has 0 unspecified atom stereocenters. The molecule has 0 amide bonds. The number of benzene rings is 1. The Bertz CT molecular complexity index is 2000. The fourth-order valence-electron chi connectivity index (χ4n) is 11.5. The van der Waals surface area contributed by atoms with Crippen molar-refractivity contribution in [1.29, 1.82) is 0 Å². The third-order valence-electron chi connectivity index (χ3n) is 16.0. The zero-order chi connectivity index (χ0) is 54.3. The fraction of sp³-hybridized carbons (Fsp3) is 0.833. The maximum Gasteiger partial charge on any atom is 0.311 e. The molecule has 3 aliphatic rings. The first-order valence-electron chi connectivity index (χ1n) is 26.5. The molecule has 0 saturated carbocycles. The van der Waals surface area contributed by atoms with Crippen LogP contribution in [0.1, 0.15) is 139 Å². The first-order chi connectivity index (χ1) is 34.2. The molecule has 0 bridgehead atoms. The second-order valence-corrected chi connectivity index (χ2v) is 24.3. The predicted octanol–water partition coefficient (Wildman–Crippen LogP) is 6.53. The summed E-state index contributed by atoms with van der Waals surface area (Å²) in [7, 11) is 7.01. The van der Waals surface area contributed by atoms with Crippen molar-refractivity contribution in [3.63, 3.8) is 0 Å². The van der Waals surface area contributed by atoms with Crippen LogP contribution in [-0.4, -0.2) is 189 Å². The number of ether oxygens (including phenoxy) is 7. The van der Waals surface area contributed by atoms with Gasteiger partial charge in [-0.15, -0.1) is 16.9 Å². The molecular weight excluding hydrogens is 962 g/mol. The quantitative estimate of drug-likeness (QED) is 0.0984. The Kier molecular flexibility index (Phi) is 22.2. The van der Waals surface area contributed by atoms with Crippen LogP contribution in [0.2, 0.25) is 0 Å². The summed E-state index contributed by atoms with van der Waals surface area (Å²) in [4.78, 5) is 19.8. The number of carbonyl (C=O) groups is 1. The lowest BCUT2D eigenvalue weighted by Gasteiger charge is -2.48. The SMILES string of the molecule is CC[C@H]1OC(=O)[C@H](C)[C@@H](O[C@H]2C[C@@](C)(OC)[C@@H](O)[C@H](C)O2)[C@H](C)[C@@H](O[C@H]2C[C@@H](N(C)CCc3cn([C@H](CF)[C@H](OC)c4ccc(SC(C)C)cc4)nn3)C[C@@H](C)O2)[C@](C)(O)C[C@@H](C)CN(C)[C@H](C)[C@@H](O)[C@]1(C)O. The predicted molar refractivity (Wildman–Crippen MR) is 278 cm³/mol. The van der Waals surface area contributed by atoms with Crippen LogP contribution in [0, 0.1) is 17.8 Å². The summed E-state index contributed by atoms with van der Waals surface area (Å²) in [6.07, 6.45) is -4.41. The van der Waals surface area contributed by atoms with Gasteiger partial charge in [0.05, 0.1) is 47.2 Å². The van der Waals surface area contributed by atoms with E-state index >= 15 is 0 Å². The molecule has 3 saturated heterocycles. The van der Waals surface area contributed by atoms with Crippen molar-refractivity contribution in [2.24, 2.45) is 17.8 Å². The van der Waals surface area contributed by atoms with E-state index in [1.54, 1.807) is 64.4 Å². The number of aliphatic hydroxyl groups excluding tert-OH is 2. The van der Waals surface area contributed by atoms with Gasteiger partial charge in [-0.3, -0.25) is 4.79 Å². The topological polar surface area (TPSA) is 200 Å². The van der Waals surface area contributed by atoms with Gasteiger partial charge in [0, 0.05) is 80.9 Å². The number of thioether (sulfide) groups is 1. The van der Waals surface area contributed by atoms with Crippen molar-refractivity contribution < 1.29 is 62.8 Å². The standard InChI is InChI=1S/C54H92FN5O12S/c1-17-43-54(12,65)48(61)36(8)59(14)29-32(4)26-52(10,64)50(34(6)46(35(7)51(63)70-43)71-45-27-53(11,67-16)49(62)37(9)69-45)72-44-25-40(24-33(5)68-44)58(13)23-22-39-30-60(57-56-39)42(28-55)47(66-15)38-18-20-41(21-19-38)73-31(2)3/h18-21,30-37,40,42-50,61-62,64-65H,17,22-29H2,1-16H3/t32-,33-,34+,35-,36-,37+,40+,42-,43-,44+,45+,46+,47-,48-,49+,50-,52-,53-,54-/m1/s1. The van der Waals surface area contributed by atoms with E-state index in [1.165, 1.54) is 14.0 Å². The third kappa shape index (κ3) is 15.2. The van der Waals surface area contributed by atoms with E-state index in [0.29, 0.717) is 43.3 Å². The van der Waals surface area contributed by atoms with Gasteiger partial charge in [0.2, 0.25) is 0 Å². The molecule has 4 N–H and O–H groups in total. The Labute approximate surface area is 439 Å². The van der Waals surface area contributed by atoms with E-state index in [-0.39, 0.29) is 37.3 Å². The maximum atomic E-state index is 14.8. The lowest BCUT2D eigenvalue weighted by Crippen LogP contribution is -2.59. The minimum absolute atomic E-state index is 0.00455. The number of halogens is 1. The first-order valence-corrected chi connectivity index (χ1v) is 27.4. The highest BCUT2D eigenvalue weighted by Crippen LogP contribution is 2.41. The van der Waals surface area contributed by atoms with Crippen LogP contribution in [0.25, 0.3) is 0 Å². The number of nitrogens with zero attached hydrogens (tertiary/aromatic N) is 5. The monoisotopic (exact) mass is 1050 g/mol. The number of rotatable bonds is 17. The average molecular weight is 1050 g/mol. The molecule has 2 aromatic rings. The van der Waals surface area contributed by atoms with Crippen LogP contribution in [0.5, 0.6) is 0 Å². The molecular formula is C54H92FN5O12S. The summed E-state index contributed by atoms with van der Waals surface area (Å²) in [6.45, 7) is 22.6. The molecule has 19 heteroatoms. The van der Waals surface area contributed by atoms with Crippen molar-refractivity contribution in [1.82, 2.24) is 24.8 Å². The van der Waals surface area contributed by atoms with Gasteiger partial charge in [0.15, 0.2) is 12.6 Å². The molecule has 0 radical (unpaired) electrons. The normalized spacial score (nSPS) is 38.7. The van der Waals surface area contributed by atoms with Crippen LogP contribution >= 0.6 is 11.8 Å². The van der Waals surface area contributed by atoms with Crippen molar-refractivity contribution >= 4 is 17.7 Å². The number of carbonyl (C=O) groups excluding carboxylic acids is 1. The van der Waals surface area contributed by atoms with Gasteiger partial charge in [-0.2, -0.15) is 0 Å².